The van der Waals surface area contributed by atoms with E-state index in [1.54, 1.807) is 7.11 Å². The van der Waals surface area contributed by atoms with Crippen molar-refractivity contribution in [2.75, 3.05) is 7.11 Å². The van der Waals surface area contributed by atoms with Crippen LogP contribution in [-0.4, -0.2) is 13.3 Å². The normalized spacial score (nSPS) is 10.9. The SMILES string of the molecule is COc1c(C)cccc1C=Nc1c(C)cccc1C. The van der Waals surface area contributed by atoms with Gasteiger partial charge in [-0.15, -0.1) is 0 Å². The van der Waals surface area contributed by atoms with Gasteiger partial charge in [0.2, 0.25) is 0 Å². The molecule has 2 rings (SSSR count). The second-order valence-electron chi connectivity index (χ2n) is 4.70. The number of rotatable bonds is 3. The molecule has 0 fully saturated rings. The van der Waals surface area contributed by atoms with Crippen molar-refractivity contribution in [1.29, 1.82) is 0 Å². The predicted molar refractivity (Wildman–Crippen MR) is 80.9 cm³/mol. The number of methoxy groups -OCH3 is 1. The fourth-order valence-electron chi connectivity index (χ4n) is 2.20. The molecule has 2 heteroatoms. The van der Waals surface area contributed by atoms with Crippen LogP contribution in [0, 0.1) is 20.8 Å². The fourth-order valence-corrected chi connectivity index (χ4v) is 2.20. The van der Waals surface area contributed by atoms with Gasteiger partial charge in [0.1, 0.15) is 5.75 Å². The second kappa shape index (κ2) is 5.70. The molecule has 98 valence electrons. The monoisotopic (exact) mass is 253 g/mol. The molecule has 0 aromatic heterocycles. The summed E-state index contributed by atoms with van der Waals surface area (Å²) in [5.41, 5.74) is 5.52. The van der Waals surface area contributed by atoms with E-state index in [-0.39, 0.29) is 0 Å². The van der Waals surface area contributed by atoms with Gasteiger partial charge in [0.05, 0.1) is 12.8 Å². The lowest BCUT2D eigenvalue weighted by molar-refractivity contribution is 0.411. The van der Waals surface area contributed by atoms with Gasteiger partial charge >= 0.3 is 0 Å². The minimum Gasteiger partial charge on any atom is -0.496 e. The van der Waals surface area contributed by atoms with Crippen molar-refractivity contribution in [1.82, 2.24) is 0 Å². The number of nitrogens with zero attached hydrogens (tertiary/aromatic N) is 1. The Labute approximate surface area is 114 Å². The molecule has 19 heavy (non-hydrogen) atoms. The highest BCUT2D eigenvalue weighted by molar-refractivity contribution is 5.86. The van der Waals surface area contributed by atoms with Gasteiger partial charge in [0.25, 0.3) is 0 Å². The summed E-state index contributed by atoms with van der Waals surface area (Å²) in [7, 11) is 1.69. The standard InChI is InChI=1S/C17H19NO/c1-12-7-5-8-13(2)16(12)18-11-15-10-6-9-14(3)17(15)19-4/h5-11H,1-4H3. The average molecular weight is 253 g/mol. The van der Waals surface area contributed by atoms with Crippen molar-refractivity contribution >= 4 is 11.9 Å². The van der Waals surface area contributed by atoms with Gasteiger partial charge in [0.15, 0.2) is 0 Å². The van der Waals surface area contributed by atoms with Crippen LogP contribution in [0.4, 0.5) is 5.69 Å². The number of ether oxygens (including phenoxy) is 1. The Morgan fingerprint density at radius 2 is 1.47 bits per heavy atom. The lowest BCUT2D eigenvalue weighted by Gasteiger charge is -2.08. The Hall–Kier alpha value is -2.09. The Morgan fingerprint density at radius 1 is 0.895 bits per heavy atom. The zero-order valence-corrected chi connectivity index (χ0v) is 11.9. The third kappa shape index (κ3) is 2.84. The summed E-state index contributed by atoms with van der Waals surface area (Å²) in [5.74, 6) is 0.887. The Kier molecular flexibility index (Phi) is 4.00. The largest absolute Gasteiger partial charge is 0.496 e. The van der Waals surface area contributed by atoms with Crippen molar-refractivity contribution in [2.45, 2.75) is 20.8 Å². The van der Waals surface area contributed by atoms with Crippen LogP contribution in [0.15, 0.2) is 41.4 Å². The lowest BCUT2D eigenvalue weighted by atomic mass is 10.1. The van der Waals surface area contributed by atoms with E-state index < -0.39 is 0 Å². The number of hydrogen-bond acceptors (Lipinski definition) is 2. The Morgan fingerprint density at radius 3 is 2.11 bits per heavy atom. The number of para-hydroxylation sites is 2. The van der Waals surface area contributed by atoms with Crippen molar-refractivity contribution in [3.05, 3.63) is 58.7 Å². The highest BCUT2D eigenvalue weighted by atomic mass is 16.5. The predicted octanol–water partition coefficient (Wildman–Crippen LogP) is 4.37. The van der Waals surface area contributed by atoms with E-state index in [9.17, 15) is 0 Å². The zero-order valence-electron chi connectivity index (χ0n) is 11.9. The average Bonchev–Trinajstić information content (AvgIpc) is 2.38. The number of aliphatic imine (C=N–C) groups is 1. The summed E-state index contributed by atoms with van der Waals surface area (Å²) in [6.07, 6.45) is 1.88. The number of benzene rings is 2. The first-order valence-electron chi connectivity index (χ1n) is 6.37. The molecule has 2 aromatic carbocycles. The van der Waals surface area contributed by atoms with Crippen LogP contribution in [0.3, 0.4) is 0 Å². The molecule has 0 atom stereocenters. The highest BCUT2D eigenvalue weighted by Crippen LogP contribution is 2.25. The molecule has 0 heterocycles. The van der Waals surface area contributed by atoms with Crippen LogP contribution in [-0.2, 0) is 0 Å². The highest BCUT2D eigenvalue weighted by Gasteiger charge is 2.04. The summed E-state index contributed by atoms with van der Waals surface area (Å²) >= 11 is 0. The van der Waals surface area contributed by atoms with Crippen molar-refractivity contribution in [3.63, 3.8) is 0 Å². The van der Waals surface area contributed by atoms with Gasteiger partial charge < -0.3 is 4.74 Å². The van der Waals surface area contributed by atoms with Gasteiger partial charge in [-0.1, -0.05) is 30.3 Å². The topological polar surface area (TPSA) is 21.6 Å². The summed E-state index contributed by atoms with van der Waals surface area (Å²) in [6.45, 7) is 6.19. The second-order valence-corrected chi connectivity index (χ2v) is 4.70. The fraction of sp³-hybridized carbons (Fsp3) is 0.235. The molecule has 0 saturated carbocycles. The molecule has 0 radical (unpaired) electrons. The molecule has 0 aliphatic carbocycles. The minimum atomic E-state index is 0.887. The van der Waals surface area contributed by atoms with E-state index in [4.69, 9.17) is 4.74 Å². The first-order valence-corrected chi connectivity index (χ1v) is 6.37. The third-order valence-electron chi connectivity index (χ3n) is 3.22. The van der Waals surface area contributed by atoms with E-state index >= 15 is 0 Å². The van der Waals surface area contributed by atoms with Gasteiger partial charge in [-0.2, -0.15) is 0 Å². The van der Waals surface area contributed by atoms with Crippen LogP contribution in [0.2, 0.25) is 0 Å². The molecule has 0 spiro atoms. The third-order valence-corrected chi connectivity index (χ3v) is 3.22. The summed E-state index contributed by atoms with van der Waals surface area (Å²) in [4.78, 5) is 4.62. The molecule has 0 aliphatic rings. The summed E-state index contributed by atoms with van der Waals surface area (Å²) in [6, 6.07) is 12.3. The van der Waals surface area contributed by atoms with Gasteiger partial charge in [0, 0.05) is 11.8 Å². The van der Waals surface area contributed by atoms with E-state index in [1.165, 1.54) is 11.1 Å². The molecule has 2 aromatic rings. The van der Waals surface area contributed by atoms with Crippen molar-refractivity contribution in [3.8, 4) is 5.75 Å². The molecule has 0 saturated heterocycles. The van der Waals surface area contributed by atoms with Crippen LogP contribution in [0.5, 0.6) is 5.75 Å². The first kappa shape index (κ1) is 13.3. The van der Waals surface area contributed by atoms with Crippen molar-refractivity contribution in [2.24, 2.45) is 4.99 Å². The smallest absolute Gasteiger partial charge is 0.130 e. The molecular formula is C17H19NO. The van der Waals surface area contributed by atoms with E-state index in [1.807, 2.05) is 31.3 Å². The Bertz CT molecular complexity index is 594. The molecule has 0 amide bonds. The summed E-state index contributed by atoms with van der Waals surface area (Å²) in [5, 5.41) is 0. The molecule has 0 aliphatic heterocycles. The summed E-state index contributed by atoms with van der Waals surface area (Å²) < 4.78 is 5.43. The quantitative estimate of drug-likeness (QED) is 0.744. The minimum absolute atomic E-state index is 0.887. The van der Waals surface area contributed by atoms with Gasteiger partial charge in [-0.25, -0.2) is 0 Å². The Balaban J connectivity index is 2.41. The maximum atomic E-state index is 5.43. The number of aryl methyl sites for hydroxylation is 3. The molecule has 0 unspecified atom stereocenters. The van der Waals surface area contributed by atoms with E-state index in [2.05, 4.69) is 37.0 Å². The van der Waals surface area contributed by atoms with E-state index in [0.717, 1.165) is 22.6 Å². The van der Waals surface area contributed by atoms with Crippen molar-refractivity contribution < 1.29 is 4.74 Å². The molecule has 0 N–H and O–H groups in total. The molecule has 0 bridgehead atoms. The van der Waals surface area contributed by atoms with Crippen LogP contribution >= 0.6 is 0 Å². The maximum Gasteiger partial charge on any atom is 0.130 e. The van der Waals surface area contributed by atoms with Crippen LogP contribution < -0.4 is 4.74 Å². The maximum absolute atomic E-state index is 5.43. The van der Waals surface area contributed by atoms with Crippen LogP contribution in [0.25, 0.3) is 0 Å². The number of hydrogen-bond donors (Lipinski definition) is 0. The zero-order chi connectivity index (χ0) is 13.8. The van der Waals surface area contributed by atoms with Crippen LogP contribution in [0.1, 0.15) is 22.3 Å². The lowest BCUT2D eigenvalue weighted by Crippen LogP contribution is -1.93. The van der Waals surface area contributed by atoms with Gasteiger partial charge in [-0.05, 0) is 43.5 Å². The molecular weight excluding hydrogens is 234 g/mol. The van der Waals surface area contributed by atoms with Gasteiger partial charge in [-0.3, -0.25) is 4.99 Å². The molecule has 2 nitrogen and oxygen atoms in total. The first-order chi connectivity index (χ1) is 9.13. The van der Waals surface area contributed by atoms with E-state index in [0.29, 0.717) is 0 Å².